The van der Waals surface area contributed by atoms with Gasteiger partial charge in [0.1, 0.15) is 11.4 Å². The van der Waals surface area contributed by atoms with Gasteiger partial charge in [0.25, 0.3) is 0 Å². The zero-order chi connectivity index (χ0) is 14.2. The van der Waals surface area contributed by atoms with Gasteiger partial charge >= 0.3 is 6.09 Å². The van der Waals surface area contributed by atoms with Crippen molar-refractivity contribution in [3.63, 3.8) is 0 Å². The molecule has 2 aromatic rings. The third-order valence-corrected chi connectivity index (χ3v) is 2.65. The SMILES string of the molecule is CC(C)(C)OC(=O)n1cc(CO)c2c(O)cccc21. The molecule has 0 atom stereocenters. The van der Waals surface area contributed by atoms with Crippen LogP contribution in [-0.2, 0) is 11.3 Å². The molecular weight excluding hydrogens is 246 g/mol. The third-order valence-electron chi connectivity index (χ3n) is 2.65. The molecule has 2 rings (SSSR count). The molecule has 0 bridgehead atoms. The molecule has 1 aromatic carbocycles. The van der Waals surface area contributed by atoms with Crippen LogP contribution in [0.15, 0.2) is 24.4 Å². The maximum atomic E-state index is 12.1. The number of phenolic OH excluding ortho intramolecular Hbond substituents is 1. The van der Waals surface area contributed by atoms with E-state index in [1.54, 1.807) is 32.9 Å². The fraction of sp³-hybridized carbons (Fsp3) is 0.357. The van der Waals surface area contributed by atoms with Crippen molar-refractivity contribution in [3.05, 3.63) is 30.0 Å². The monoisotopic (exact) mass is 263 g/mol. The number of nitrogens with zero attached hydrogens (tertiary/aromatic N) is 1. The summed E-state index contributed by atoms with van der Waals surface area (Å²) in [5.41, 5.74) is 0.390. The van der Waals surface area contributed by atoms with Crippen LogP contribution in [0, 0.1) is 0 Å². The largest absolute Gasteiger partial charge is 0.507 e. The molecule has 5 heteroatoms. The van der Waals surface area contributed by atoms with Crippen LogP contribution in [-0.4, -0.2) is 26.5 Å². The lowest BCUT2D eigenvalue weighted by Crippen LogP contribution is -2.26. The van der Waals surface area contributed by atoms with Crippen LogP contribution in [0.1, 0.15) is 26.3 Å². The molecule has 102 valence electrons. The van der Waals surface area contributed by atoms with Crippen LogP contribution in [0.3, 0.4) is 0 Å². The van der Waals surface area contributed by atoms with E-state index < -0.39 is 11.7 Å². The lowest BCUT2D eigenvalue weighted by Gasteiger charge is -2.19. The molecule has 19 heavy (non-hydrogen) atoms. The first-order valence-corrected chi connectivity index (χ1v) is 5.99. The molecule has 1 aromatic heterocycles. The van der Waals surface area contributed by atoms with Crippen LogP contribution in [0.25, 0.3) is 10.9 Å². The molecular formula is C14H17NO4. The van der Waals surface area contributed by atoms with Gasteiger partial charge in [0, 0.05) is 17.1 Å². The van der Waals surface area contributed by atoms with Crippen LogP contribution in [0.4, 0.5) is 4.79 Å². The van der Waals surface area contributed by atoms with E-state index in [4.69, 9.17) is 4.74 Å². The van der Waals surface area contributed by atoms with Crippen molar-refractivity contribution in [1.29, 1.82) is 0 Å². The van der Waals surface area contributed by atoms with Crippen LogP contribution in [0.2, 0.25) is 0 Å². The number of phenols is 1. The minimum Gasteiger partial charge on any atom is -0.507 e. The number of hydrogen-bond acceptors (Lipinski definition) is 4. The molecule has 0 radical (unpaired) electrons. The number of aromatic hydroxyl groups is 1. The number of rotatable bonds is 1. The van der Waals surface area contributed by atoms with Gasteiger partial charge in [-0.15, -0.1) is 0 Å². The second-order valence-electron chi connectivity index (χ2n) is 5.33. The number of carbonyl (C=O) groups is 1. The lowest BCUT2D eigenvalue weighted by molar-refractivity contribution is 0.0544. The van der Waals surface area contributed by atoms with Crippen LogP contribution in [0.5, 0.6) is 5.75 Å². The van der Waals surface area contributed by atoms with Gasteiger partial charge in [-0.25, -0.2) is 4.79 Å². The third kappa shape index (κ3) is 2.56. The van der Waals surface area contributed by atoms with E-state index in [1.165, 1.54) is 16.8 Å². The van der Waals surface area contributed by atoms with Crippen molar-refractivity contribution in [2.75, 3.05) is 0 Å². The summed E-state index contributed by atoms with van der Waals surface area (Å²) in [4.78, 5) is 12.1. The zero-order valence-corrected chi connectivity index (χ0v) is 11.2. The average molecular weight is 263 g/mol. The molecule has 0 amide bonds. The molecule has 0 spiro atoms. The molecule has 0 fully saturated rings. The Balaban J connectivity index is 2.56. The van der Waals surface area contributed by atoms with Crippen molar-refractivity contribution in [2.45, 2.75) is 33.0 Å². The van der Waals surface area contributed by atoms with Crippen LogP contribution >= 0.6 is 0 Å². The Hall–Kier alpha value is -2.01. The Labute approximate surface area is 111 Å². The van der Waals surface area contributed by atoms with E-state index in [0.717, 1.165) is 0 Å². The van der Waals surface area contributed by atoms with Crippen molar-refractivity contribution in [3.8, 4) is 5.75 Å². The van der Waals surface area contributed by atoms with Gasteiger partial charge in [-0.1, -0.05) is 6.07 Å². The summed E-state index contributed by atoms with van der Waals surface area (Å²) in [6, 6.07) is 4.85. The van der Waals surface area contributed by atoms with Gasteiger partial charge < -0.3 is 14.9 Å². The Morgan fingerprint density at radius 1 is 1.37 bits per heavy atom. The van der Waals surface area contributed by atoms with E-state index in [9.17, 15) is 15.0 Å². The zero-order valence-electron chi connectivity index (χ0n) is 11.2. The normalized spacial score (nSPS) is 11.8. The van der Waals surface area contributed by atoms with Gasteiger partial charge in [0.2, 0.25) is 0 Å². The van der Waals surface area contributed by atoms with E-state index in [2.05, 4.69) is 0 Å². The Bertz CT molecular complexity index is 622. The Kier molecular flexibility index (Phi) is 3.24. The second-order valence-corrected chi connectivity index (χ2v) is 5.33. The highest BCUT2D eigenvalue weighted by Gasteiger charge is 2.21. The van der Waals surface area contributed by atoms with E-state index in [1.807, 2.05) is 0 Å². The number of aliphatic hydroxyl groups excluding tert-OH is 1. The van der Waals surface area contributed by atoms with Crippen molar-refractivity contribution >= 4 is 17.0 Å². The second kappa shape index (κ2) is 4.59. The van der Waals surface area contributed by atoms with Gasteiger partial charge in [0.15, 0.2) is 0 Å². The van der Waals surface area contributed by atoms with Crippen molar-refractivity contribution in [2.24, 2.45) is 0 Å². The summed E-state index contributed by atoms with van der Waals surface area (Å²) in [7, 11) is 0. The summed E-state index contributed by atoms with van der Waals surface area (Å²) in [6.45, 7) is 5.08. The topological polar surface area (TPSA) is 71.7 Å². The number of aromatic nitrogens is 1. The summed E-state index contributed by atoms with van der Waals surface area (Å²) >= 11 is 0. The highest BCUT2D eigenvalue weighted by Crippen LogP contribution is 2.30. The highest BCUT2D eigenvalue weighted by atomic mass is 16.6. The molecule has 2 N–H and O–H groups in total. The maximum absolute atomic E-state index is 12.1. The number of ether oxygens (including phenoxy) is 1. The first kappa shape index (κ1) is 13.4. The summed E-state index contributed by atoms with van der Waals surface area (Å²) in [6.07, 6.45) is 0.946. The predicted octanol–water partition coefficient (Wildman–Crippen LogP) is 2.62. The number of aliphatic hydroxyl groups is 1. The molecule has 5 nitrogen and oxygen atoms in total. The smallest absolute Gasteiger partial charge is 0.419 e. The quantitative estimate of drug-likeness (QED) is 0.829. The molecule has 0 aliphatic heterocycles. The minimum atomic E-state index is -0.607. The Morgan fingerprint density at radius 3 is 2.63 bits per heavy atom. The van der Waals surface area contributed by atoms with E-state index in [0.29, 0.717) is 16.5 Å². The number of carbonyl (C=O) groups excluding carboxylic acids is 1. The predicted molar refractivity (Wildman–Crippen MR) is 71.2 cm³/mol. The number of fused-ring (bicyclic) bond motifs is 1. The molecule has 0 aliphatic carbocycles. The molecule has 1 heterocycles. The van der Waals surface area contributed by atoms with Crippen LogP contribution < -0.4 is 0 Å². The molecule has 0 saturated carbocycles. The van der Waals surface area contributed by atoms with Gasteiger partial charge in [-0.05, 0) is 32.9 Å². The maximum Gasteiger partial charge on any atom is 0.419 e. The number of hydrogen-bond donors (Lipinski definition) is 2. The highest BCUT2D eigenvalue weighted by molar-refractivity contribution is 5.95. The fourth-order valence-electron chi connectivity index (χ4n) is 1.93. The molecule has 0 saturated heterocycles. The lowest BCUT2D eigenvalue weighted by atomic mass is 10.1. The average Bonchev–Trinajstić information content (AvgIpc) is 2.67. The fourth-order valence-corrected chi connectivity index (χ4v) is 1.93. The molecule has 0 unspecified atom stereocenters. The summed E-state index contributed by atoms with van der Waals surface area (Å²) in [5.74, 6) is 0.0314. The Morgan fingerprint density at radius 2 is 2.05 bits per heavy atom. The van der Waals surface area contributed by atoms with E-state index in [-0.39, 0.29) is 12.4 Å². The first-order valence-electron chi connectivity index (χ1n) is 5.99. The van der Waals surface area contributed by atoms with E-state index >= 15 is 0 Å². The van der Waals surface area contributed by atoms with Gasteiger partial charge in [-0.3, -0.25) is 4.57 Å². The minimum absolute atomic E-state index is 0.0314. The number of benzene rings is 1. The standard InChI is InChI=1S/C14H17NO4/c1-14(2,3)19-13(18)15-7-9(8-16)12-10(15)5-4-6-11(12)17/h4-7,16-17H,8H2,1-3H3. The summed E-state index contributed by atoms with van der Waals surface area (Å²) < 4.78 is 6.59. The molecule has 0 aliphatic rings. The first-order chi connectivity index (χ1) is 8.83. The van der Waals surface area contributed by atoms with Gasteiger partial charge in [0.05, 0.1) is 12.1 Å². The summed E-state index contributed by atoms with van der Waals surface area (Å²) in [5, 5.41) is 19.6. The van der Waals surface area contributed by atoms with Crippen molar-refractivity contribution in [1.82, 2.24) is 4.57 Å². The van der Waals surface area contributed by atoms with Gasteiger partial charge in [-0.2, -0.15) is 0 Å². The van der Waals surface area contributed by atoms with Crippen molar-refractivity contribution < 1.29 is 19.7 Å².